The number of nitro benzene ring substituents is 1. The maximum Gasteiger partial charge on any atom is 0.341 e. The fourth-order valence-electron chi connectivity index (χ4n) is 2.09. The first-order chi connectivity index (χ1) is 12.2. The van der Waals surface area contributed by atoms with Crippen molar-refractivity contribution in [3.8, 4) is 0 Å². The van der Waals surface area contributed by atoms with Crippen molar-refractivity contribution in [1.29, 1.82) is 0 Å². The van der Waals surface area contributed by atoms with Crippen molar-refractivity contribution in [2.75, 3.05) is 11.1 Å². The number of nitrogen functional groups attached to an aromatic ring is 1. The number of carbonyl (C=O) groups is 2. The molecule has 0 aliphatic rings. The molecule has 2 aromatic carbocycles. The third-order valence-corrected chi connectivity index (χ3v) is 4.06. The number of esters is 1. The number of amides is 1. The van der Waals surface area contributed by atoms with Gasteiger partial charge in [-0.25, -0.2) is 4.79 Å². The lowest BCUT2D eigenvalue weighted by Crippen LogP contribution is -2.30. The standard InChI is InChI=1S/C17H16ClN3O5/c1-9-13(18)4-3-5-15(9)20-16(22)10(2)26-17(23)12-8-11(21(24)25)6-7-14(12)19/h3-8,10H,19H2,1-2H3,(H,20,22)/t10-/m0/s1. The molecule has 0 spiro atoms. The molecule has 2 rings (SSSR count). The lowest BCUT2D eigenvalue weighted by atomic mass is 10.1. The zero-order valence-corrected chi connectivity index (χ0v) is 14.7. The maximum absolute atomic E-state index is 12.2. The average molecular weight is 378 g/mol. The third-order valence-electron chi connectivity index (χ3n) is 3.65. The van der Waals surface area contributed by atoms with E-state index in [1.807, 2.05) is 0 Å². The number of nitrogens with one attached hydrogen (secondary N) is 1. The number of hydrogen-bond donors (Lipinski definition) is 2. The molecule has 2 aromatic rings. The molecule has 0 unspecified atom stereocenters. The van der Waals surface area contributed by atoms with E-state index in [0.29, 0.717) is 16.3 Å². The van der Waals surface area contributed by atoms with Gasteiger partial charge < -0.3 is 15.8 Å². The van der Waals surface area contributed by atoms with Crippen molar-refractivity contribution >= 4 is 40.5 Å². The Bertz CT molecular complexity index is 885. The van der Waals surface area contributed by atoms with Crippen LogP contribution in [-0.4, -0.2) is 22.9 Å². The average Bonchev–Trinajstić information content (AvgIpc) is 2.58. The second-order valence-electron chi connectivity index (χ2n) is 5.48. The summed E-state index contributed by atoms with van der Waals surface area (Å²) in [6.07, 6.45) is -1.15. The van der Waals surface area contributed by atoms with Crippen LogP contribution in [0, 0.1) is 17.0 Å². The van der Waals surface area contributed by atoms with E-state index in [1.54, 1.807) is 25.1 Å². The molecule has 0 bridgehead atoms. The van der Waals surface area contributed by atoms with Crippen LogP contribution < -0.4 is 11.1 Å². The highest BCUT2D eigenvalue weighted by Crippen LogP contribution is 2.24. The molecule has 1 amide bonds. The van der Waals surface area contributed by atoms with Crippen molar-refractivity contribution in [1.82, 2.24) is 0 Å². The zero-order valence-electron chi connectivity index (χ0n) is 14.0. The lowest BCUT2D eigenvalue weighted by Gasteiger charge is -2.15. The van der Waals surface area contributed by atoms with Crippen LogP contribution in [0.3, 0.4) is 0 Å². The molecule has 3 N–H and O–H groups in total. The molecule has 26 heavy (non-hydrogen) atoms. The number of non-ortho nitro benzene ring substituents is 1. The lowest BCUT2D eigenvalue weighted by molar-refractivity contribution is -0.384. The Hall–Kier alpha value is -3.13. The van der Waals surface area contributed by atoms with Gasteiger partial charge >= 0.3 is 5.97 Å². The van der Waals surface area contributed by atoms with E-state index >= 15 is 0 Å². The molecule has 0 radical (unpaired) electrons. The van der Waals surface area contributed by atoms with Crippen LogP contribution in [0.2, 0.25) is 5.02 Å². The first-order valence-corrected chi connectivity index (χ1v) is 7.89. The van der Waals surface area contributed by atoms with Crippen molar-refractivity contribution < 1.29 is 19.2 Å². The van der Waals surface area contributed by atoms with Gasteiger partial charge in [-0.2, -0.15) is 0 Å². The second-order valence-corrected chi connectivity index (χ2v) is 5.89. The smallest absolute Gasteiger partial charge is 0.341 e. The number of nitrogens with zero attached hydrogens (tertiary/aromatic N) is 1. The molecule has 0 aromatic heterocycles. The van der Waals surface area contributed by atoms with Gasteiger partial charge in [-0.1, -0.05) is 17.7 Å². The van der Waals surface area contributed by atoms with E-state index in [4.69, 9.17) is 22.1 Å². The van der Waals surface area contributed by atoms with Gasteiger partial charge in [0.15, 0.2) is 6.10 Å². The predicted octanol–water partition coefficient (Wildman–Crippen LogP) is 3.32. The van der Waals surface area contributed by atoms with Gasteiger partial charge in [0, 0.05) is 28.5 Å². The van der Waals surface area contributed by atoms with Crippen LogP contribution in [0.4, 0.5) is 17.1 Å². The number of anilines is 2. The number of benzene rings is 2. The fourth-order valence-corrected chi connectivity index (χ4v) is 2.26. The Labute approximate surface area is 154 Å². The van der Waals surface area contributed by atoms with E-state index in [0.717, 1.165) is 6.07 Å². The molecule has 9 heteroatoms. The number of rotatable bonds is 5. The van der Waals surface area contributed by atoms with Crippen LogP contribution in [0.5, 0.6) is 0 Å². The van der Waals surface area contributed by atoms with Gasteiger partial charge in [0.25, 0.3) is 11.6 Å². The van der Waals surface area contributed by atoms with Crippen LogP contribution in [0.25, 0.3) is 0 Å². The molecule has 0 fully saturated rings. The van der Waals surface area contributed by atoms with Gasteiger partial charge in [-0.3, -0.25) is 14.9 Å². The van der Waals surface area contributed by atoms with Crippen molar-refractivity contribution in [3.63, 3.8) is 0 Å². The van der Waals surface area contributed by atoms with E-state index in [2.05, 4.69) is 5.32 Å². The molecule has 0 heterocycles. The first-order valence-electron chi connectivity index (χ1n) is 7.51. The Balaban J connectivity index is 2.11. The molecule has 1 atom stereocenters. The minimum Gasteiger partial charge on any atom is -0.449 e. The normalized spacial score (nSPS) is 11.5. The molecule has 0 aliphatic heterocycles. The molecular formula is C17H16ClN3O5. The molecule has 0 saturated heterocycles. The summed E-state index contributed by atoms with van der Waals surface area (Å²) in [6, 6.07) is 8.42. The van der Waals surface area contributed by atoms with E-state index in [9.17, 15) is 19.7 Å². The quantitative estimate of drug-likeness (QED) is 0.356. The molecule has 136 valence electrons. The van der Waals surface area contributed by atoms with Gasteiger partial charge in [0.1, 0.15) is 0 Å². The highest BCUT2D eigenvalue weighted by Gasteiger charge is 2.23. The third kappa shape index (κ3) is 4.28. The monoisotopic (exact) mass is 377 g/mol. The van der Waals surface area contributed by atoms with Gasteiger partial charge in [-0.15, -0.1) is 0 Å². The van der Waals surface area contributed by atoms with Crippen LogP contribution in [-0.2, 0) is 9.53 Å². The van der Waals surface area contributed by atoms with Crippen LogP contribution in [0.1, 0.15) is 22.8 Å². The number of hydrogen-bond acceptors (Lipinski definition) is 6. The Morgan fingerprint density at radius 2 is 2.00 bits per heavy atom. The van der Waals surface area contributed by atoms with Crippen LogP contribution in [0.15, 0.2) is 36.4 Å². The van der Waals surface area contributed by atoms with Crippen LogP contribution >= 0.6 is 11.6 Å². The number of ether oxygens (including phenoxy) is 1. The van der Waals surface area contributed by atoms with E-state index < -0.39 is 22.9 Å². The zero-order chi connectivity index (χ0) is 19.4. The summed E-state index contributed by atoms with van der Waals surface area (Å²) < 4.78 is 5.07. The summed E-state index contributed by atoms with van der Waals surface area (Å²) in [5, 5.41) is 13.9. The van der Waals surface area contributed by atoms with E-state index in [-0.39, 0.29) is 16.9 Å². The van der Waals surface area contributed by atoms with Gasteiger partial charge in [-0.05, 0) is 37.6 Å². The topological polar surface area (TPSA) is 125 Å². The number of nitro groups is 1. The molecule has 0 aliphatic carbocycles. The summed E-state index contributed by atoms with van der Waals surface area (Å²) in [7, 11) is 0. The summed E-state index contributed by atoms with van der Waals surface area (Å²) >= 11 is 5.99. The summed E-state index contributed by atoms with van der Waals surface area (Å²) in [6.45, 7) is 3.11. The molecular weight excluding hydrogens is 362 g/mol. The maximum atomic E-state index is 12.2. The predicted molar refractivity (Wildman–Crippen MR) is 97.2 cm³/mol. The van der Waals surface area contributed by atoms with E-state index in [1.165, 1.54) is 19.1 Å². The summed E-state index contributed by atoms with van der Waals surface area (Å²) in [5.41, 5.74) is 6.34. The Morgan fingerprint density at radius 3 is 2.65 bits per heavy atom. The summed E-state index contributed by atoms with van der Waals surface area (Å²) in [4.78, 5) is 34.6. The van der Waals surface area contributed by atoms with Gasteiger partial charge in [0.05, 0.1) is 10.5 Å². The number of halogens is 1. The second kappa shape index (κ2) is 7.83. The van der Waals surface area contributed by atoms with Crippen molar-refractivity contribution in [3.05, 3.63) is 62.7 Å². The number of nitrogens with two attached hydrogens (primary N) is 1. The molecule has 0 saturated carbocycles. The Morgan fingerprint density at radius 1 is 1.31 bits per heavy atom. The Kier molecular flexibility index (Phi) is 5.78. The minimum absolute atomic E-state index is 0.0129. The first kappa shape index (κ1) is 19.2. The highest BCUT2D eigenvalue weighted by molar-refractivity contribution is 6.31. The minimum atomic E-state index is -1.15. The largest absolute Gasteiger partial charge is 0.449 e. The summed E-state index contributed by atoms with van der Waals surface area (Å²) in [5.74, 6) is -1.51. The molecule has 8 nitrogen and oxygen atoms in total. The number of carbonyl (C=O) groups excluding carboxylic acids is 2. The SMILES string of the molecule is Cc1c(Cl)cccc1NC(=O)[C@H](C)OC(=O)c1cc([N+](=O)[O-])ccc1N. The van der Waals surface area contributed by atoms with Crippen molar-refractivity contribution in [2.24, 2.45) is 0 Å². The van der Waals surface area contributed by atoms with Gasteiger partial charge in [0.2, 0.25) is 0 Å². The fraction of sp³-hybridized carbons (Fsp3) is 0.176. The highest BCUT2D eigenvalue weighted by atomic mass is 35.5. The van der Waals surface area contributed by atoms with Crippen molar-refractivity contribution in [2.45, 2.75) is 20.0 Å².